The molecule has 4 N–H and O–H groups in total. The molecule has 4 heteroatoms. The van der Waals surface area contributed by atoms with Crippen LogP contribution in [0, 0.1) is 0 Å². The molecular weight excluding hydrogens is 168 g/mol. The summed E-state index contributed by atoms with van der Waals surface area (Å²) in [5, 5.41) is 9.31. The number of methoxy groups -OCH3 is 1. The standard InChI is InChI=1S/C9H14N2O2/c1-6(11-10)7-3-4-8(12)9(5-7)13-2/h3-6,11-12H,10H2,1-2H3/t6-/m1/s1. The molecule has 1 rings (SSSR count). The van der Waals surface area contributed by atoms with Crippen molar-refractivity contribution in [2.45, 2.75) is 13.0 Å². The first kappa shape index (κ1) is 9.83. The van der Waals surface area contributed by atoms with E-state index in [1.807, 2.05) is 6.92 Å². The average Bonchev–Trinajstić information content (AvgIpc) is 2.17. The molecule has 0 aromatic heterocycles. The van der Waals surface area contributed by atoms with Gasteiger partial charge in [-0.1, -0.05) is 6.07 Å². The number of nitrogens with two attached hydrogens (primary N) is 1. The minimum Gasteiger partial charge on any atom is -0.504 e. The average molecular weight is 182 g/mol. The highest BCUT2D eigenvalue weighted by atomic mass is 16.5. The van der Waals surface area contributed by atoms with Crippen LogP contribution < -0.4 is 16.0 Å². The maximum Gasteiger partial charge on any atom is 0.160 e. The first-order valence-electron chi connectivity index (χ1n) is 4.02. The van der Waals surface area contributed by atoms with Crippen LogP contribution in [-0.2, 0) is 0 Å². The van der Waals surface area contributed by atoms with Crippen molar-refractivity contribution in [1.29, 1.82) is 0 Å². The van der Waals surface area contributed by atoms with Gasteiger partial charge in [0, 0.05) is 6.04 Å². The molecule has 0 aliphatic carbocycles. The molecule has 0 spiro atoms. The Morgan fingerprint density at radius 1 is 1.54 bits per heavy atom. The quantitative estimate of drug-likeness (QED) is 0.480. The molecule has 0 heterocycles. The molecule has 0 aliphatic heterocycles. The van der Waals surface area contributed by atoms with Crippen molar-refractivity contribution >= 4 is 0 Å². The Labute approximate surface area is 77.3 Å². The fourth-order valence-corrected chi connectivity index (χ4v) is 1.06. The van der Waals surface area contributed by atoms with E-state index in [0.29, 0.717) is 5.75 Å². The fourth-order valence-electron chi connectivity index (χ4n) is 1.06. The van der Waals surface area contributed by atoms with E-state index in [0.717, 1.165) is 5.56 Å². The van der Waals surface area contributed by atoms with Gasteiger partial charge in [0.15, 0.2) is 11.5 Å². The zero-order valence-corrected chi connectivity index (χ0v) is 7.74. The number of benzene rings is 1. The molecule has 0 fully saturated rings. The molecule has 0 unspecified atom stereocenters. The van der Waals surface area contributed by atoms with Crippen molar-refractivity contribution < 1.29 is 9.84 Å². The molecule has 0 amide bonds. The Hall–Kier alpha value is -1.26. The van der Waals surface area contributed by atoms with Gasteiger partial charge in [-0.2, -0.15) is 0 Å². The number of aromatic hydroxyl groups is 1. The molecule has 1 aromatic rings. The third-order valence-electron chi connectivity index (χ3n) is 1.95. The highest BCUT2D eigenvalue weighted by Crippen LogP contribution is 2.28. The fraction of sp³-hybridized carbons (Fsp3) is 0.333. The Balaban J connectivity index is 2.99. The number of phenols is 1. The van der Waals surface area contributed by atoms with E-state index in [1.165, 1.54) is 7.11 Å². The molecule has 72 valence electrons. The van der Waals surface area contributed by atoms with Crippen molar-refractivity contribution in [3.8, 4) is 11.5 Å². The largest absolute Gasteiger partial charge is 0.504 e. The summed E-state index contributed by atoms with van der Waals surface area (Å²) < 4.78 is 4.96. The molecule has 0 radical (unpaired) electrons. The number of hydrogen-bond donors (Lipinski definition) is 3. The van der Waals surface area contributed by atoms with Crippen molar-refractivity contribution in [1.82, 2.24) is 5.43 Å². The zero-order valence-electron chi connectivity index (χ0n) is 7.74. The summed E-state index contributed by atoms with van der Waals surface area (Å²) in [6.07, 6.45) is 0. The first-order valence-corrected chi connectivity index (χ1v) is 4.02. The summed E-state index contributed by atoms with van der Waals surface area (Å²) in [4.78, 5) is 0. The lowest BCUT2D eigenvalue weighted by molar-refractivity contribution is 0.372. The summed E-state index contributed by atoms with van der Waals surface area (Å²) in [6, 6.07) is 5.17. The minimum absolute atomic E-state index is 0.0366. The van der Waals surface area contributed by atoms with Gasteiger partial charge < -0.3 is 9.84 Å². The maximum absolute atomic E-state index is 9.31. The second-order valence-corrected chi connectivity index (χ2v) is 2.82. The van der Waals surface area contributed by atoms with Crippen LogP contribution in [-0.4, -0.2) is 12.2 Å². The van der Waals surface area contributed by atoms with E-state index in [4.69, 9.17) is 10.6 Å². The Bertz CT molecular complexity index is 289. The van der Waals surface area contributed by atoms with E-state index in [9.17, 15) is 5.11 Å². The van der Waals surface area contributed by atoms with Gasteiger partial charge in [0.25, 0.3) is 0 Å². The van der Waals surface area contributed by atoms with Gasteiger partial charge in [-0.15, -0.1) is 0 Å². The van der Waals surface area contributed by atoms with E-state index < -0.39 is 0 Å². The number of hydrogen-bond acceptors (Lipinski definition) is 4. The van der Waals surface area contributed by atoms with Gasteiger partial charge >= 0.3 is 0 Å². The van der Waals surface area contributed by atoms with Gasteiger partial charge in [-0.05, 0) is 24.6 Å². The van der Waals surface area contributed by atoms with Crippen LogP contribution in [0.4, 0.5) is 0 Å². The summed E-state index contributed by atoms with van der Waals surface area (Å²) in [7, 11) is 1.51. The summed E-state index contributed by atoms with van der Waals surface area (Å²) >= 11 is 0. The second kappa shape index (κ2) is 4.11. The van der Waals surface area contributed by atoms with Crippen molar-refractivity contribution in [3.05, 3.63) is 23.8 Å². The first-order chi connectivity index (χ1) is 6.19. The van der Waals surface area contributed by atoms with Crippen molar-refractivity contribution in [3.63, 3.8) is 0 Å². The highest BCUT2D eigenvalue weighted by molar-refractivity contribution is 5.42. The minimum atomic E-state index is 0.0366. The Morgan fingerprint density at radius 2 is 2.23 bits per heavy atom. The highest BCUT2D eigenvalue weighted by Gasteiger charge is 2.06. The smallest absolute Gasteiger partial charge is 0.160 e. The molecular formula is C9H14N2O2. The third kappa shape index (κ3) is 2.11. The molecule has 4 nitrogen and oxygen atoms in total. The van der Waals surface area contributed by atoms with Crippen molar-refractivity contribution in [2.75, 3.05) is 7.11 Å². The molecule has 1 aromatic carbocycles. The predicted octanol–water partition coefficient (Wildman–Crippen LogP) is 0.925. The van der Waals surface area contributed by atoms with Gasteiger partial charge in [0.2, 0.25) is 0 Å². The van der Waals surface area contributed by atoms with Gasteiger partial charge in [0.1, 0.15) is 0 Å². The molecule has 0 bridgehead atoms. The van der Waals surface area contributed by atoms with E-state index >= 15 is 0 Å². The normalized spacial score (nSPS) is 12.5. The number of rotatable bonds is 3. The van der Waals surface area contributed by atoms with Gasteiger partial charge in [0.05, 0.1) is 7.11 Å². The second-order valence-electron chi connectivity index (χ2n) is 2.82. The molecule has 0 saturated heterocycles. The Morgan fingerprint density at radius 3 is 2.77 bits per heavy atom. The lowest BCUT2D eigenvalue weighted by atomic mass is 10.1. The van der Waals surface area contributed by atoms with Crippen molar-refractivity contribution in [2.24, 2.45) is 5.84 Å². The molecule has 0 saturated carbocycles. The van der Waals surface area contributed by atoms with Crippen LogP contribution in [0.5, 0.6) is 11.5 Å². The topological polar surface area (TPSA) is 67.5 Å². The summed E-state index contributed by atoms with van der Waals surface area (Å²) in [5.74, 6) is 5.87. The van der Waals surface area contributed by atoms with Crippen LogP contribution in [0.1, 0.15) is 18.5 Å². The predicted molar refractivity (Wildman–Crippen MR) is 50.4 cm³/mol. The summed E-state index contributed by atoms with van der Waals surface area (Å²) in [6.45, 7) is 1.92. The third-order valence-corrected chi connectivity index (χ3v) is 1.95. The van der Waals surface area contributed by atoms with Crippen LogP contribution in [0.25, 0.3) is 0 Å². The SMILES string of the molecule is COc1cc([C@@H](C)NN)ccc1O. The number of nitrogens with one attached hydrogen (secondary N) is 1. The van der Waals surface area contributed by atoms with Gasteiger partial charge in [-0.3, -0.25) is 11.3 Å². The van der Waals surface area contributed by atoms with Crippen LogP contribution in [0.3, 0.4) is 0 Å². The molecule has 0 aliphatic rings. The molecule has 1 atom stereocenters. The summed E-state index contributed by atoms with van der Waals surface area (Å²) in [5.41, 5.74) is 3.58. The number of ether oxygens (including phenoxy) is 1. The van der Waals surface area contributed by atoms with E-state index in [1.54, 1.807) is 18.2 Å². The number of phenolic OH excluding ortho intramolecular Hbond substituents is 1. The molecule has 13 heavy (non-hydrogen) atoms. The monoisotopic (exact) mass is 182 g/mol. The van der Waals surface area contributed by atoms with Crippen LogP contribution in [0.2, 0.25) is 0 Å². The Kier molecular flexibility index (Phi) is 3.11. The number of hydrazine groups is 1. The lowest BCUT2D eigenvalue weighted by Crippen LogP contribution is -2.25. The maximum atomic E-state index is 9.31. The van der Waals surface area contributed by atoms with E-state index in [-0.39, 0.29) is 11.8 Å². The van der Waals surface area contributed by atoms with E-state index in [2.05, 4.69) is 5.43 Å². The van der Waals surface area contributed by atoms with Gasteiger partial charge in [-0.25, -0.2) is 0 Å². The van der Waals surface area contributed by atoms with Crippen LogP contribution in [0.15, 0.2) is 18.2 Å². The lowest BCUT2D eigenvalue weighted by Gasteiger charge is -2.12. The zero-order chi connectivity index (χ0) is 9.84. The van der Waals surface area contributed by atoms with Crippen LogP contribution >= 0.6 is 0 Å².